The van der Waals surface area contributed by atoms with E-state index in [1.165, 1.54) is 0 Å². The van der Waals surface area contributed by atoms with Gasteiger partial charge in [0.1, 0.15) is 0 Å². The van der Waals surface area contributed by atoms with Crippen LogP contribution in [0.4, 0.5) is 5.69 Å². The standard InChI is InChI=1S/C16H26N2O2S/c1-10-6-7-18(9-13(10)4)21(19,20)16-12(3)8-11(2)15(17)14(16)5/h8,10,13H,6-7,9,17H2,1-5H3. The third kappa shape index (κ3) is 2.81. The van der Waals surface area contributed by atoms with Gasteiger partial charge in [-0.15, -0.1) is 0 Å². The van der Waals surface area contributed by atoms with Crippen molar-refractivity contribution >= 4 is 15.7 Å². The maximum Gasteiger partial charge on any atom is 0.243 e. The van der Waals surface area contributed by atoms with Gasteiger partial charge in [-0.2, -0.15) is 4.31 Å². The minimum Gasteiger partial charge on any atom is -0.398 e. The van der Waals surface area contributed by atoms with E-state index in [1.54, 1.807) is 11.2 Å². The van der Waals surface area contributed by atoms with Gasteiger partial charge in [0.25, 0.3) is 0 Å². The van der Waals surface area contributed by atoms with Gasteiger partial charge >= 0.3 is 0 Å². The average Bonchev–Trinajstić information content (AvgIpc) is 2.39. The first-order chi connectivity index (χ1) is 9.66. The normalized spacial score (nSPS) is 24.2. The van der Waals surface area contributed by atoms with Gasteiger partial charge in [0, 0.05) is 18.8 Å². The average molecular weight is 310 g/mol. The largest absolute Gasteiger partial charge is 0.398 e. The lowest BCUT2D eigenvalue weighted by atomic mass is 9.90. The van der Waals surface area contributed by atoms with Gasteiger partial charge in [0.2, 0.25) is 10.0 Å². The molecule has 0 spiro atoms. The van der Waals surface area contributed by atoms with E-state index in [9.17, 15) is 8.42 Å². The molecule has 2 N–H and O–H groups in total. The fraction of sp³-hybridized carbons (Fsp3) is 0.625. The zero-order chi connectivity index (χ0) is 15.9. The molecule has 0 radical (unpaired) electrons. The van der Waals surface area contributed by atoms with Crippen LogP contribution in [-0.4, -0.2) is 25.8 Å². The Kier molecular flexibility index (Phi) is 4.36. The molecule has 118 valence electrons. The van der Waals surface area contributed by atoms with Crippen molar-refractivity contribution in [2.24, 2.45) is 11.8 Å². The molecule has 4 nitrogen and oxygen atoms in total. The molecular formula is C16H26N2O2S. The van der Waals surface area contributed by atoms with Gasteiger partial charge in [-0.25, -0.2) is 8.42 Å². The van der Waals surface area contributed by atoms with Crippen molar-refractivity contribution in [1.82, 2.24) is 4.31 Å². The van der Waals surface area contributed by atoms with Crippen LogP contribution in [-0.2, 0) is 10.0 Å². The van der Waals surface area contributed by atoms with Crippen LogP contribution in [0.15, 0.2) is 11.0 Å². The molecule has 2 unspecified atom stereocenters. The molecule has 0 amide bonds. The van der Waals surface area contributed by atoms with Crippen LogP contribution in [0.3, 0.4) is 0 Å². The van der Waals surface area contributed by atoms with E-state index in [4.69, 9.17) is 5.73 Å². The summed E-state index contributed by atoms with van der Waals surface area (Å²) in [5.41, 5.74) is 9.02. The van der Waals surface area contributed by atoms with Gasteiger partial charge in [0.15, 0.2) is 0 Å². The highest BCUT2D eigenvalue weighted by molar-refractivity contribution is 7.89. The van der Waals surface area contributed by atoms with Gasteiger partial charge in [-0.3, -0.25) is 0 Å². The van der Waals surface area contributed by atoms with Crippen molar-refractivity contribution in [2.75, 3.05) is 18.8 Å². The highest BCUT2D eigenvalue weighted by Gasteiger charge is 2.34. The fourth-order valence-corrected chi connectivity index (χ4v) is 5.15. The predicted molar refractivity (Wildman–Crippen MR) is 86.8 cm³/mol. The summed E-state index contributed by atoms with van der Waals surface area (Å²) in [6, 6.07) is 1.87. The van der Waals surface area contributed by atoms with Crippen molar-refractivity contribution in [2.45, 2.75) is 45.9 Å². The van der Waals surface area contributed by atoms with Crippen molar-refractivity contribution in [3.05, 3.63) is 22.8 Å². The van der Waals surface area contributed by atoms with Crippen LogP contribution in [0.5, 0.6) is 0 Å². The lowest BCUT2D eigenvalue weighted by Crippen LogP contribution is -2.42. The molecule has 1 heterocycles. The summed E-state index contributed by atoms with van der Waals surface area (Å²) in [6.45, 7) is 11.1. The van der Waals surface area contributed by atoms with Gasteiger partial charge in [0.05, 0.1) is 4.90 Å². The van der Waals surface area contributed by atoms with Crippen LogP contribution < -0.4 is 5.73 Å². The maximum atomic E-state index is 13.0. The van der Waals surface area contributed by atoms with Crippen molar-refractivity contribution in [3.63, 3.8) is 0 Å². The molecule has 0 bridgehead atoms. The highest BCUT2D eigenvalue weighted by Crippen LogP contribution is 2.33. The number of rotatable bonds is 2. The first-order valence-electron chi connectivity index (χ1n) is 7.52. The Morgan fingerprint density at radius 1 is 1.14 bits per heavy atom. The van der Waals surface area contributed by atoms with E-state index >= 15 is 0 Å². The highest BCUT2D eigenvalue weighted by atomic mass is 32.2. The Balaban J connectivity index is 2.48. The molecule has 2 atom stereocenters. The zero-order valence-corrected chi connectivity index (χ0v) is 14.4. The van der Waals surface area contributed by atoms with Gasteiger partial charge in [-0.1, -0.05) is 19.9 Å². The Bertz CT molecular complexity index is 653. The number of anilines is 1. The number of benzene rings is 1. The number of aryl methyl sites for hydroxylation is 2. The molecule has 21 heavy (non-hydrogen) atoms. The summed E-state index contributed by atoms with van der Waals surface area (Å²) in [5, 5.41) is 0. The molecule has 2 rings (SSSR count). The van der Waals surface area contributed by atoms with E-state index in [0.29, 0.717) is 41.1 Å². The van der Waals surface area contributed by atoms with Crippen molar-refractivity contribution in [1.29, 1.82) is 0 Å². The Morgan fingerprint density at radius 3 is 2.33 bits per heavy atom. The van der Waals surface area contributed by atoms with Gasteiger partial charge in [-0.05, 0) is 55.7 Å². The Hall–Kier alpha value is -1.07. The smallest absolute Gasteiger partial charge is 0.243 e. The summed E-state index contributed by atoms with van der Waals surface area (Å²) >= 11 is 0. The van der Waals surface area contributed by atoms with Crippen LogP contribution in [0.25, 0.3) is 0 Å². The van der Waals surface area contributed by atoms with E-state index in [2.05, 4.69) is 13.8 Å². The quantitative estimate of drug-likeness (QED) is 0.854. The second kappa shape index (κ2) is 5.61. The molecule has 1 aliphatic heterocycles. The molecule has 5 heteroatoms. The first kappa shape index (κ1) is 16.3. The second-order valence-corrected chi connectivity index (χ2v) is 8.36. The number of nitrogen functional groups attached to an aromatic ring is 1. The second-order valence-electron chi connectivity index (χ2n) is 6.48. The van der Waals surface area contributed by atoms with E-state index in [1.807, 2.05) is 19.9 Å². The molecule has 1 aliphatic rings. The maximum absolute atomic E-state index is 13.0. The number of nitrogens with two attached hydrogens (primary N) is 1. The number of sulfonamides is 1. The lowest BCUT2D eigenvalue weighted by molar-refractivity contribution is 0.212. The Morgan fingerprint density at radius 2 is 1.76 bits per heavy atom. The predicted octanol–water partition coefficient (Wildman–Crippen LogP) is 2.86. The van der Waals surface area contributed by atoms with E-state index in [0.717, 1.165) is 17.5 Å². The van der Waals surface area contributed by atoms with Crippen LogP contribution >= 0.6 is 0 Å². The Labute approximate surface area is 128 Å². The van der Waals surface area contributed by atoms with Crippen LogP contribution in [0, 0.1) is 32.6 Å². The molecule has 0 aromatic heterocycles. The van der Waals surface area contributed by atoms with Crippen molar-refractivity contribution in [3.8, 4) is 0 Å². The first-order valence-corrected chi connectivity index (χ1v) is 8.96. The minimum atomic E-state index is -3.47. The third-order valence-corrected chi connectivity index (χ3v) is 7.01. The molecule has 0 saturated carbocycles. The molecular weight excluding hydrogens is 284 g/mol. The van der Waals surface area contributed by atoms with E-state index < -0.39 is 10.0 Å². The minimum absolute atomic E-state index is 0.386. The SMILES string of the molecule is Cc1cc(C)c(S(=O)(=O)N2CCC(C)C(C)C2)c(C)c1N. The molecule has 0 aliphatic carbocycles. The van der Waals surface area contributed by atoms with Crippen molar-refractivity contribution < 1.29 is 8.42 Å². The molecule has 1 aromatic rings. The fourth-order valence-electron chi connectivity index (χ4n) is 3.15. The van der Waals surface area contributed by atoms with Gasteiger partial charge < -0.3 is 5.73 Å². The third-order valence-electron chi connectivity index (χ3n) is 4.86. The molecule has 1 fully saturated rings. The number of piperidine rings is 1. The lowest BCUT2D eigenvalue weighted by Gasteiger charge is -2.35. The zero-order valence-electron chi connectivity index (χ0n) is 13.6. The summed E-state index contributed by atoms with van der Waals surface area (Å²) in [6.07, 6.45) is 0.917. The van der Waals surface area contributed by atoms with Crippen LogP contribution in [0.2, 0.25) is 0 Å². The number of hydrogen-bond donors (Lipinski definition) is 1. The summed E-state index contributed by atoms with van der Waals surface area (Å²) in [5.74, 6) is 0.957. The number of hydrogen-bond acceptors (Lipinski definition) is 3. The van der Waals surface area contributed by atoms with Crippen LogP contribution in [0.1, 0.15) is 37.0 Å². The monoisotopic (exact) mass is 310 g/mol. The molecule has 1 saturated heterocycles. The summed E-state index contributed by atoms with van der Waals surface area (Å²) < 4.78 is 27.7. The number of nitrogens with zero attached hydrogens (tertiary/aromatic N) is 1. The molecule has 1 aromatic carbocycles. The van der Waals surface area contributed by atoms with E-state index in [-0.39, 0.29) is 0 Å². The summed E-state index contributed by atoms with van der Waals surface area (Å²) in [7, 11) is -3.47. The summed E-state index contributed by atoms with van der Waals surface area (Å²) in [4.78, 5) is 0.396. The topological polar surface area (TPSA) is 63.4 Å².